The lowest BCUT2D eigenvalue weighted by atomic mass is 10.1. The van der Waals surface area contributed by atoms with E-state index in [0.29, 0.717) is 6.54 Å². The fourth-order valence-corrected chi connectivity index (χ4v) is 3.70. The van der Waals surface area contributed by atoms with Crippen molar-refractivity contribution in [3.8, 4) is 5.75 Å². The van der Waals surface area contributed by atoms with Gasteiger partial charge >= 0.3 is 0 Å². The lowest BCUT2D eigenvalue weighted by Crippen LogP contribution is -2.47. The minimum absolute atomic E-state index is 0.232. The van der Waals surface area contributed by atoms with Crippen LogP contribution in [0.4, 0.5) is 5.69 Å². The van der Waals surface area contributed by atoms with E-state index >= 15 is 0 Å². The summed E-state index contributed by atoms with van der Waals surface area (Å²) in [4.78, 5) is 18.8. The number of likely N-dealkylation sites (tertiary alicyclic amines) is 1. The van der Waals surface area contributed by atoms with E-state index in [1.165, 1.54) is 6.26 Å². The number of carbonyl (C=O) groups excluding carboxylic acids is 1. The Morgan fingerprint density at radius 1 is 1.06 bits per heavy atom. The number of nitrogens with one attached hydrogen (secondary N) is 2. The van der Waals surface area contributed by atoms with Crippen molar-refractivity contribution in [2.45, 2.75) is 25.5 Å². The average Bonchev–Trinajstić information content (AvgIpc) is 3.37. The van der Waals surface area contributed by atoms with Gasteiger partial charge < -0.3 is 24.7 Å². The van der Waals surface area contributed by atoms with Crippen LogP contribution in [0.5, 0.6) is 5.75 Å². The first-order chi connectivity index (χ1) is 15.7. The van der Waals surface area contributed by atoms with E-state index in [0.717, 1.165) is 48.9 Å². The fourth-order valence-electron chi connectivity index (χ4n) is 3.70. The first-order valence-corrected chi connectivity index (χ1v) is 10.8. The quantitative estimate of drug-likeness (QED) is 0.452. The van der Waals surface area contributed by atoms with Crippen LogP contribution in [-0.4, -0.2) is 43.0 Å². The highest BCUT2D eigenvalue weighted by Crippen LogP contribution is 2.19. The van der Waals surface area contributed by atoms with Crippen LogP contribution >= 0.6 is 0 Å². The Morgan fingerprint density at radius 2 is 1.81 bits per heavy atom. The van der Waals surface area contributed by atoms with Gasteiger partial charge in [0.1, 0.15) is 11.9 Å². The number of anilines is 1. The Kier molecular flexibility index (Phi) is 7.07. The number of rotatable bonds is 6. The zero-order valence-electron chi connectivity index (χ0n) is 18.2. The SMILES string of the molecule is CN=C(NCc1ccc(NC(=O)c2ccco2)cc1)N1CCC(Oc2ccccc2)CC1. The zero-order chi connectivity index (χ0) is 22.2. The molecule has 1 aromatic heterocycles. The largest absolute Gasteiger partial charge is 0.490 e. The molecule has 32 heavy (non-hydrogen) atoms. The number of piperidine rings is 1. The van der Waals surface area contributed by atoms with E-state index in [1.54, 1.807) is 12.1 Å². The zero-order valence-corrected chi connectivity index (χ0v) is 18.2. The topological polar surface area (TPSA) is 79.1 Å². The fraction of sp³-hybridized carbons (Fsp3) is 0.280. The number of furan rings is 1. The van der Waals surface area contributed by atoms with Gasteiger partial charge in [-0.3, -0.25) is 9.79 Å². The molecule has 0 spiro atoms. The number of ether oxygens (including phenoxy) is 1. The molecule has 0 bridgehead atoms. The molecule has 0 radical (unpaired) electrons. The molecule has 7 nitrogen and oxygen atoms in total. The molecule has 4 rings (SSSR count). The van der Waals surface area contributed by atoms with Crippen LogP contribution in [0.3, 0.4) is 0 Å². The van der Waals surface area contributed by atoms with Crippen LogP contribution in [0.2, 0.25) is 0 Å². The van der Waals surface area contributed by atoms with Gasteiger partial charge in [0.2, 0.25) is 0 Å². The molecular weight excluding hydrogens is 404 g/mol. The highest BCUT2D eigenvalue weighted by molar-refractivity contribution is 6.02. The van der Waals surface area contributed by atoms with Crippen molar-refractivity contribution in [3.05, 3.63) is 84.3 Å². The van der Waals surface area contributed by atoms with Crippen LogP contribution in [0, 0.1) is 0 Å². The number of carbonyl (C=O) groups is 1. The van der Waals surface area contributed by atoms with Gasteiger partial charge in [0.25, 0.3) is 5.91 Å². The van der Waals surface area contributed by atoms with Crippen molar-refractivity contribution in [1.29, 1.82) is 0 Å². The third-order valence-electron chi connectivity index (χ3n) is 5.41. The Bertz CT molecular complexity index is 1010. The molecule has 0 atom stereocenters. The van der Waals surface area contributed by atoms with E-state index < -0.39 is 0 Å². The summed E-state index contributed by atoms with van der Waals surface area (Å²) in [5.74, 6) is 1.84. The van der Waals surface area contributed by atoms with Crippen LogP contribution in [0.1, 0.15) is 29.0 Å². The Balaban J connectivity index is 1.23. The van der Waals surface area contributed by atoms with Crippen molar-refractivity contribution in [3.63, 3.8) is 0 Å². The summed E-state index contributed by atoms with van der Waals surface area (Å²) >= 11 is 0. The molecule has 1 fully saturated rings. The number of hydrogen-bond acceptors (Lipinski definition) is 4. The monoisotopic (exact) mass is 432 g/mol. The summed E-state index contributed by atoms with van der Waals surface area (Å²) in [6, 6.07) is 21.0. The van der Waals surface area contributed by atoms with Crippen molar-refractivity contribution in [1.82, 2.24) is 10.2 Å². The lowest BCUT2D eigenvalue weighted by molar-refractivity contribution is 0.0996. The number of benzene rings is 2. The van der Waals surface area contributed by atoms with Crippen LogP contribution < -0.4 is 15.4 Å². The second-order valence-electron chi connectivity index (χ2n) is 7.65. The minimum Gasteiger partial charge on any atom is -0.490 e. The van der Waals surface area contributed by atoms with Crippen LogP contribution in [-0.2, 0) is 6.54 Å². The van der Waals surface area contributed by atoms with Gasteiger partial charge in [-0.1, -0.05) is 30.3 Å². The molecule has 7 heteroatoms. The van der Waals surface area contributed by atoms with E-state index in [-0.39, 0.29) is 17.8 Å². The predicted octanol–water partition coefficient (Wildman–Crippen LogP) is 4.15. The summed E-state index contributed by atoms with van der Waals surface area (Å²) in [7, 11) is 1.81. The number of aliphatic imine (C=N–C) groups is 1. The molecule has 2 N–H and O–H groups in total. The van der Waals surface area contributed by atoms with Gasteiger partial charge in [0, 0.05) is 45.2 Å². The number of para-hydroxylation sites is 1. The van der Waals surface area contributed by atoms with E-state index in [1.807, 2.05) is 61.6 Å². The third kappa shape index (κ3) is 5.69. The predicted molar refractivity (Wildman–Crippen MR) is 125 cm³/mol. The standard InChI is InChI=1S/C25H28N4O3/c1-26-25(29-15-13-22(14-16-29)32-21-6-3-2-4-7-21)27-18-19-9-11-20(12-10-19)28-24(30)23-8-5-17-31-23/h2-12,17,22H,13-16,18H2,1H3,(H,26,27)(H,28,30). The third-order valence-corrected chi connectivity index (χ3v) is 5.41. The van der Waals surface area contributed by atoms with Gasteiger partial charge in [-0.2, -0.15) is 0 Å². The van der Waals surface area contributed by atoms with Gasteiger partial charge in [-0.05, 0) is 42.0 Å². The van der Waals surface area contributed by atoms with Crippen molar-refractivity contribution in [2.75, 3.05) is 25.5 Å². The first-order valence-electron chi connectivity index (χ1n) is 10.8. The van der Waals surface area contributed by atoms with Gasteiger partial charge in [-0.15, -0.1) is 0 Å². The summed E-state index contributed by atoms with van der Waals surface area (Å²) in [6.45, 7) is 2.45. The number of nitrogens with zero attached hydrogens (tertiary/aromatic N) is 2. The van der Waals surface area contributed by atoms with E-state index in [4.69, 9.17) is 9.15 Å². The van der Waals surface area contributed by atoms with Gasteiger partial charge in [0.05, 0.1) is 6.26 Å². The molecule has 1 saturated heterocycles. The summed E-state index contributed by atoms with van der Waals surface area (Å²) in [5, 5.41) is 6.26. The Morgan fingerprint density at radius 3 is 2.47 bits per heavy atom. The molecule has 0 unspecified atom stereocenters. The van der Waals surface area contributed by atoms with E-state index in [2.05, 4.69) is 20.5 Å². The Hall–Kier alpha value is -3.74. The normalized spacial score (nSPS) is 14.8. The van der Waals surface area contributed by atoms with E-state index in [9.17, 15) is 4.79 Å². The smallest absolute Gasteiger partial charge is 0.291 e. The summed E-state index contributed by atoms with van der Waals surface area (Å²) in [5.41, 5.74) is 1.82. The summed E-state index contributed by atoms with van der Waals surface area (Å²) in [6.07, 6.45) is 3.63. The maximum absolute atomic E-state index is 12.1. The molecule has 166 valence electrons. The molecule has 0 saturated carbocycles. The first kappa shape index (κ1) is 21.5. The van der Waals surface area contributed by atoms with Crippen LogP contribution in [0.25, 0.3) is 0 Å². The highest BCUT2D eigenvalue weighted by atomic mass is 16.5. The van der Waals surface area contributed by atoms with Crippen molar-refractivity contribution < 1.29 is 13.9 Å². The Labute approximate surface area is 188 Å². The molecular formula is C25H28N4O3. The number of guanidine groups is 1. The maximum atomic E-state index is 12.1. The molecule has 1 aliphatic heterocycles. The molecule has 2 aromatic carbocycles. The van der Waals surface area contributed by atoms with Gasteiger partial charge in [0.15, 0.2) is 11.7 Å². The summed E-state index contributed by atoms with van der Waals surface area (Å²) < 4.78 is 11.2. The van der Waals surface area contributed by atoms with Gasteiger partial charge in [-0.25, -0.2) is 0 Å². The second-order valence-corrected chi connectivity index (χ2v) is 7.65. The van der Waals surface area contributed by atoms with Crippen LogP contribution in [0.15, 0.2) is 82.4 Å². The lowest BCUT2D eigenvalue weighted by Gasteiger charge is -2.34. The average molecular weight is 433 g/mol. The molecule has 1 amide bonds. The second kappa shape index (κ2) is 10.5. The minimum atomic E-state index is -0.263. The highest BCUT2D eigenvalue weighted by Gasteiger charge is 2.22. The molecule has 2 heterocycles. The molecule has 3 aromatic rings. The maximum Gasteiger partial charge on any atom is 0.291 e. The molecule has 1 aliphatic rings. The number of amides is 1. The number of hydrogen-bond donors (Lipinski definition) is 2. The van der Waals surface area contributed by atoms with Crippen molar-refractivity contribution >= 4 is 17.6 Å². The van der Waals surface area contributed by atoms with Crippen molar-refractivity contribution in [2.24, 2.45) is 4.99 Å². The molecule has 0 aliphatic carbocycles.